The maximum absolute atomic E-state index is 13.3. The standard InChI is InChI=1S/C22H27FN4/c1-25(2)14-6-15-26(17-20-7-3-4-13-24-20)18-22-8-5-16-27(22)21-11-9-19(23)10-12-21/h3-5,7-13,16H,6,14-15,17-18H2,1-2H3. The number of halogens is 1. The SMILES string of the molecule is CN(C)CCCN(Cc1ccccn1)Cc1cccn1-c1ccc(F)cc1. The molecule has 4 nitrogen and oxygen atoms in total. The van der Waals surface area contributed by atoms with Crippen LogP contribution in [0.2, 0.25) is 0 Å². The fraction of sp³-hybridized carbons (Fsp3) is 0.318. The van der Waals surface area contributed by atoms with Crippen molar-refractivity contribution in [3.63, 3.8) is 0 Å². The molecule has 0 fully saturated rings. The molecule has 2 heterocycles. The van der Waals surface area contributed by atoms with Crippen molar-refractivity contribution >= 4 is 0 Å². The summed E-state index contributed by atoms with van der Waals surface area (Å²) in [7, 11) is 4.20. The monoisotopic (exact) mass is 366 g/mol. The van der Waals surface area contributed by atoms with Crippen molar-refractivity contribution < 1.29 is 4.39 Å². The van der Waals surface area contributed by atoms with Gasteiger partial charge in [-0.15, -0.1) is 0 Å². The van der Waals surface area contributed by atoms with Gasteiger partial charge in [0.1, 0.15) is 5.82 Å². The summed E-state index contributed by atoms with van der Waals surface area (Å²) >= 11 is 0. The van der Waals surface area contributed by atoms with E-state index in [4.69, 9.17) is 0 Å². The van der Waals surface area contributed by atoms with Gasteiger partial charge in [0.25, 0.3) is 0 Å². The smallest absolute Gasteiger partial charge is 0.123 e. The number of aromatic nitrogens is 2. The Morgan fingerprint density at radius 1 is 0.926 bits per heavy atom. The number of hydrogen-bond donors (Lipinski definition) is 0. The van der Waals surface area contributed by atoms with Crippen molar-refractivity contribution in [1.29, 1.82) is 0 Å². The fourth-order valence-corrected chi connectivity index (χ4v) is 3.17. The minimum absolute atomic E-state index is 0.215. The number of hydrogen-bond acceptors (Lipinski definition) is 3. The molecule has 27 heavy (non-hydrogen) atoms. The molecule has 3 rings (SSSR count). The van der Waals surface area contributed by atoms with Crippen molar-refractivity contribution in [2.75, 3.05) is 27.2 Å². The molecular weight excluding hydrogens is 339 g/mol. The summed E-state index contributed by atoms with van der Waals surface area (Å²) in [6.45, 7) is 3.66. The van der Waals surface area contributed by atoms with Crippen LogP contribution in [-0.2, 0) is 13.1 Å². The van der Waals surface area contributed by atoms with Crippen LogP contribution in [0, 0.1) is 5.82 Å². The quantitative estimate of drug-likeness (QED) is 0.573. The van der Waals surface area contributed by atoms with Crippen LogP contribution in [0.15, 0.2) is 67.0 Å². The van der Waals surface area contributed by atoms with Gasteiger partial charge in [0, 0.05) is 43.4 Å². The Bertz CT molecular complexity index is 812. The van der Waals surface area contributed by atoms with Gasteiger partial charge in [0.2, 0.25) is 0 Å². The van der Waals surface area contributed by atoms with Crippen LogP contribution >= 0.6 is 0 Å². The maximum atomic E-state index is 13.3. The molecule has 0 bridgehead atoms. The summed E-state index contributed by atoms with van der Waals surface area (Å²) in [5.74, 6) is -0.215. The van der Waals surface area contributed by atoms with E-state index in [0.29, 0.717) is 0 Å². The largest absolute Gasteiger partial charge is 0.320 e. The lowest BCUT2D eigenvalue weighted by molar-refractivity contribution is 0.233. The molecule has 0 spiro atoms. The van der Waals surface area contributed by atoms with Crippen LogP contribution in [0.1, 0.15) is 17.8 Å². The Balaban J connectivity index is 1.75. The summed E-state index contributed by atoms with van der Waals surface area (Å²) in [5, 5.41) is 0. The molecule has 0 saturated heterocycles. The normalized spacial score (nSPS) is 11.4. The molecule has 142 valence electrons. The second-order valence-electron chi connectivity index (χ2n) is 7.03. The molecule has 1 aromatic carbocycles. The summed E-state index contributed by atoms with van der Waals surface area (Å²) in [4.78, 5) is 9.11. The van der Waals surface area contributed by atoms with Gasteiger partial charge in [-0.1, -0.05) is 6.07 Å². The summed E-state index contributed by atoms with van der Waals surface area (Å²) in [5.41, 5.74) is 3.23. The summed E-state index contributed by atoms with van der Waals surface area (Å²) < 4.78 is 15.4. The zero-order valence-electron chi connectivity index (χ0n) is 16.1. The molecule has 0 saturated carbocycles. The van der Waals surface area contributed by atoms with E-state index in [1.807, 2.05) is 42.7 Å². The predicted octanol–water partition coefficient (Wildman–Crippen LogP) is 3.97. The highest BCUT2D eigenvalue weighted by Crippen LogP contribution is 2.16. The predicted molar refractivity (Wildman–Crippen MR) is 107 cm³/mol. The molecule has 0 unspecified atom stereocenters. The lowest BCUT2D eigenvalue weighted by Gasteiger charge is -2.24. The Hall–Kier alpha value is -2.50. The van der Waals surface area contributed by atoms with Gasteiger partial charge < -0.3 is 9.47 Å². The molecule has 3 aromatic rings. The first-order chi connectivity index (χ1) is 13.1. The third-order valence-electron chi connectivity index (χ3n) is 4.52. The highest BCUT2D eigenvalue weighted by molar-refractivity contribution is 5.35. The lowest BCUT2D eigenvalue weighted by atomic mass is 10.2. The van der Waals surface area contributed by atoms with E-state index in [9.17, 15) is 4.39 Å². The third-order valence-corrected chi connectivity index (χ3v) is 4.52. The van der Waals surface area contributed by atoms with Gasteiger partial charge in [0.05, 0.1) is 5.69 Å². The lowest BCUT2D eigenvalue weighted by Crippen LogP contribution is -2.28. The minimum atomic E-state index is -0.215. The van der Waals surface area contributed by atoms with Crippen molar-refractivity contribution in [2.45, 2.75) is 19.5 Å². The number of rotatable bonds is 9. The fourth-order valence-electron chi connectivity index (χ4n) is 3.17. The molecule has 0 atom stereocenters. The van der Waals surface area contributed by atoms with Crippen LogP contribution in [0.5, 0.6) is 0 Å². The van der Waals surface area contributed by atoms with E-state index in [2.05, 4.69) is 45.6 Å². The zero-order chi connectivity index (χ0) is 19.1. The van der Waals surface area contributed by atoms with E-state index < -0.39 is 0 Å². The number of pyridine rings is 1. The third kappa shape index (κ3) is 5.74. The topological polar surface area (TPSA) is 24.3 Å². The average Bonchev–Trinajstić information content (AvgIpc) is 3.11. The molecule has 5 heteroatoms. The maximum Gasteiger partial charge on any atom is 0.123 e. The van der Waals surface area contributed by atoms with E-state index in [1.54, 1.807) is 0 Å². The van der Waals surface area contributed by atoms with Crippen LogP contribution in [-0.4, -0.2) is 46.5 Å². The van der Waals surface area contributed by atoms with Crippen molar-refractivity contribution in [1.82, 2.24) is 19.4 Å². The van der Waals surface area contributed by atoms with Crippen LogP contribution < -0.4 is 0 Å². The molecule has 2 aromatic heterocycles. The van der Waals surface area contributed by atoms with E-state index in [0.717, 1.165) is 44.0 Å². The zero-order valence-corrected chi connectivity index (χ0v) is 16.1. The van der Waals surface area contributed by atoms with Crippen LogP contribution in [0.25, 0.3) is 5.69 Å². The first-order valence-corrected chi connectivity index (χ1v) is 9.31. The highest BCUT2D eigenvalue weighted by atomic mass is 19.1. The Labute approximate surface area is 160 Å². The molecular formula is C22H27FN4. The van der Waals surface area contributed by atoms with Crippen molar-refractivity contribution in [3.05, 3.63) is 84.2 Å². The molecule has 0 aliphatic rings. The van der Waals surface area contributed by atoms with Gasteiger partial charge in [-0.2, -0.15) is 0 Å². The second-order valence-corrected chi connectivity index (χ2v) is 7.03. The van der Waals surface area contributed by atoms with Gasteiger partial charge in [0.15, 0.2) is 0 Å². The average molecular weight is 366 g/mol. The number of nitrogens with zero attached hydrogens (tertiary/aromatic N) is 4. The van der Waals surface area contributed by atoms with Crippen LogP contribution in [0.3, 0.4) is 0 Å². The molecule has 0 amide bonds. The Kier molecular flexibility index (Phi) is 6.74. The van der Waals surface area contributed by atoms with E-state index in [1.165, 1.54) is 17.8 Å². The van der Waals surface area contributed by atoms with Gasteiger partial charge in [-0.3, -0.25) is 9.88 Å². The summed E-state index contributed by atoms with van der Waals surface area (Å²) in [6.07, 6.45) is 4.97. The Morgan fingerprint density at radius 3 is 2.44 bits per heavy atom. The first kappa shape index (κ1) is 19.3. The first-order valence-electron chi connectivity index (χ1n) is 9.31. The minimum Gasteiger partial charge on any atom is -0.320 e. The van der Waals surface area contributed by atoms with Gasteiger partial charge in [-0.25, -0.2) is 4.39 Å². The van der Waals surface area contributed by atoms with Gasteiger partial charge >= 0.3 is 0 Å². The summed E-state index contributed by atoms with van der Waals surface area (Å²) in [6, 6.07) is 16.8. The van der Waals surface area contributed by atoms with Crippen molar-refractivity contribution in [3.8, 4) is 5.69 Å². The highest BCUT2D eigenvalue weighted by Gasteiger charge is 2.12. The van der Waals surface area contributed by atoms with Crippen LogP contribution in [0.4, 0.5) is 4.39 Å². The van der Waals surface area contributed by atoms with Crippen molar-refractivity contribution in [2.24, 2.45) is 0 Å². The Morgan fingerprint density at radius 2 is 1.74 bits per heavy atom. The second kappa shape index (κ2) is 9.44. The molecule has 0 aliphatic carbocycles. The van der Waals surface area contributed by atoms with E-state index in [-0.39, 0.29) is 5.82 Å². The molecule has 0 radical (unpaired) electrons. The van der Waals surface area contributed by atoms with Gasteiger partial charge in [-0.05, 0) is 75.6 Å². The number of benzene rings is 1. The van der Waals surface area contributed by atoms with E-state index >= 15 is 0 Å². The molecule has 0 N–H and O–H groups in total. The molecule has 0 aliphatic heterocycles.